The highest BCUT2D eigenvalue weighted by molar-refractivity contribution is 7.91. The van der Waals surface area contributed by atoms with Gasteiger partial charge in [0.1, 0.15) is 4.21 Å². The molecule has 0 aromatic carbocycles. The molecular weight excluding hydrogens is 296 g/mol. The third-order valence-corrected chi connectivity index (χ3v) is 6.50. The number of thiophene rings is 1. The van der Waals surface area contributed by atoms with Crippen LogP contribution in [0.15, 0.2) is 16.3 Å². The number of rotatable bonds is 6. The summed E-state index contributed by atoms with van der Waals surface area (Å²) in [6.07, 6.45) is 0.523. The molecule has 0 aliphatic carbocycles. The van der Waals surface area contributed by atoms with Gasteiger partial charge in [-0.1, -0.05) is 6.92 Å². The second-order valence-electron chi connectivity index (χ2n) is 3.86. The molecule has 0 spiro atoms. The zero-order valence-electron chi connectivity index (χ0n) is 10.1. The monoisotopic (exact) mass is 312 g/mol. The standard InChI is InChI=1S/C9H16N2O4S3/c1-3-6-17(12,13)11-7(2)8-4-5-9(16-8)18(10,14)15/h4-5,7,11H,3,6H2,1-2H3,(H2,10,14,15). The van der Waals surface area contributed by atoms with E-state index >= 15 is 0 Å². The second-order valence-corrected chi connectivity index (χ2v) is 8.64. The van der Waals surface area contributed by atoms with Crippen LogP contribution in [-0.2, 0) is 20.0 Å². The summed E-state index contributed by atoms with van der Waals surface area (Å²) in [5.41, 5.74) is 0. The molecule has 104 valence electrons. The number of sulfonamides is 2. The smallest absolute Gasteiger partial charge is 0.224 e. The van der Waals surface area contributed by atoms with Crippen molar-refractivity contribution < 1.29 is 16.8 Å². The molecule has 0 amide bonds. The van der Waals surface area contributed by atoms with Gasteiger partial charge >= 0.3 is 0 Å². The molecule has 1 aromatic heterocycles. The number of hydrogen-bond donors (Lipinski definition) is 2. The first-order valence-electron chi connectivity index (χ1n) is 5.28. The minimum Gasteiger partial charge on any atom is -0.224 e. The normalized spacial score (nSPS) is 14.6. The highest BCUT2D eigenvalue weighted by atomic mass is 32.2. The van der Waals surface area contributed by atoms with Crippen molar-refractivity contribution in [2.45, 2.75) is 30.5 Å². The maximum absolute atomic E-state index is 11.6. The third-order valence-electron chi connectivity index (χ3n) is 2.14. The fourth-order valence-corrected chi connectivity index (χ4v) is 4.52. The molecule has 9 heteroatoms. The average Bonchev–Trinajstić information content (AvgIpc) is 2.63. The van der Waals surface area contributed by atoms with Gasteiger partial charge in [-0.15, -0.1) is 11.3 Å². The van der Waals surface area contributed by atoms with Crippen LogP contribution >= 0.6 is 11.3 Å². The summed E-state index contributed by atoms with van der Waals surface area (Å²) in [4.78, 5) is 0.610. The van der Waals surface area contributed by atoms with Crippen LogP contribution in [0.1, 0.15) is 31.2 Å². The van der Waals surface area contributed by atoms with E-state index in [1.165, 1.54) is 6.07 Å². The molecule has 1 unspecified atom stereocenters. The van der Waals surface area contributed by atoms with Gasteiger partial charge in [-0.3, -0.25) is 0 Å². The maximum atomic E-state index is 11.6. The Balaban J connectivity index is 2.86. The Morgan fingerprint density at radius 2 is 1.94 bits per heavy atom. The lowest BCUT2D eigenvalue weighted by Crippen LogP contribution is -2.28. The van der Waals surface area contributed by atoms with Crippen molar-refractivity contribution in [3.05, 3.63) is 17.0 Å². The largest absolute Gasteiger partial charge is 0.247 e. The van der Waals surface area contributed by atoms with Gasteiger partial charge in [0.25, 0.3) is 0 Å². The predicted molar refractivity (Wildman–Crippen MR) is 71.3 cm³/mol. The molecule has 0 saturated heterocycles. The van der Waals surface area contributed by atoms with E-state index in [-0.39, 0.29) is 9.96 Å². The van der Waals surface area contributed by atoms with E-state index in [9.17, 15) is 16.8 Å². The topological polar surface area (TPSA) is 106 Å². The fourth-order valence-electron chi connectivity index (χ4n) is 1.38. The van der Waals surface area contributed by atoms with E-state index in [1.54, 1.807) is 19.9 Å². The lowest BCUT2D eigenvalue weighted by molar-refractivity contribution is 0.567. The van der Waals surface area contributed by atoms with Crippen LogP contribution in [0.25, 0.3) is 0 Å². The van der Waals surface area contributed by atoms with Crippen molar-refractivity contribution in [3.63, 3.8) is 0 Å². The van der Waals surface area contributed by atoms with Gasteiger partial charge < -0.3 is 0 Å². The molecule has 0 aliphatic rings. The van der Waals surface area contributed by atoms with E-state index in [0.717, 1.165) is 11.3 Å². The van der Waals surface area contributed by atoms with Crippen molar-refractivity contribution in [2.24, 2.45) is 5.14 Å². The highest BCUT2D eigenvalue weighted by Gasteiger charge is 2.18. The summed E-state index contributed by atoms with van der Waals surface area (Å²) >= 11 is 0.967. The van der Waals surface area contributed by atoms with Crippen molar-refractivity contribution >= 4 is 31.4 Å². The van der Waals surface area contributed by atoms with Gasteiger partial charge in [0.05, 0.1) is 11.8 Å². The molecule has 1 heterocycles. The Morgan fingerprint density at radius 3 is 2.39 bits per heavy atom. The van der Waals surface area contributed by atoms with Crippen molar-refractivity contribution in [1.82, 2.24) is 4.72 Å². The third kappa shape index (κ3) is 4.32. The first-order chi connectivity index (χ1) is 8.15. The molecular formula is C9H16N2O4S3. The lowest BCUT2D eigenvalue weighted by atomic mass is 10.3. The van der Waals surface area contributed by atoms with Gasteiger partial charge in [0.15, 0.2) is 0 Å². The molecule has 0 bridgehead atoms. The van der Waals surface area contributed by atoms with E-state index < -0.39 is 26.1 Å². The molecule has 0 aliphatic heterocycles. The Hall–Kier alpha value is -0.480. The molecule has 1 atom stereocenters. The Morgan fingerprint density at radius 1 is 1.33 bits per heavy atom. The zero-order chi connectivity index (χ0) is 14.0. The molecule has 0 saturated carbocycles. The molecule has 0 radical (unpaired) electrons. The van der Waals surface area contributed by atoms with E-state index in [2.05, 4.69) is 4.72 Å². The van der Waals surface area contributed by atoms with Crippen LogP contribution in [0.5, 0.6) is 0 Å². The van der Waals surface area contributed by atoms with Crippen molar-refractivity contribution in [3.8, 4) is 0 Å². The SMILES string of the molecule is CCCS(=O)(=O)NC(C)c1ccc(S(N)(=O)=O)s1. The predicted octanol–water partition coefficient (Wildman–Crippen LogP) is 0.786. The van der Waals surface area contributed by atoms with Crippen LogP contribution in [0.2, 0.25) is 0 Å². The quantitative estimate of drug-likeness (QED) is 0.809. The summed E-state index contributed by atoms with van der Waals surface area (Å²) in [6, 6.07) is 2.46. The minimum absolute atomic E-state index is 0.0269. The maximum Gasteiger partial charge on any atom is 0.247 e. The fraction of sp³-hybridized carbons (Fsp3) is 0.556. The van der Waals surface area contributed by atoms with Crippen molar-refractivity contribution in [1.29, 1.82) is 0 Å². The van der Waals surface area contributed by atoms with Crippen LogP contribution in [0.3, 0.4) is 0 Å². The van der Waals surface area contributed by atoms with Crippen LogP contribution in [0.4, 0.5) is 0 Å². The van der Waals surface area contributed by atoms with Gasteiger partial charge in [0.2, 0.25) is 20.0 Å². The minimum atomic E-state index is -3.73. The average molecular weight is 312 g/mol. The van der Waals surface area contributed by atoms with Crippen LogP contribution in [-0.4, -0.2) is 22.6 Å². The zero-order valence-corrected chi connectivity index (χ0v) is 12.5. The number of nitrogens with one attached hydrogen (secondary N) is 1. The Bertz CT molecular complexity index is 604. The number of nitrogens with two attached hydrogens (primary N) is 1. The number of primary sulfonamides is 1. The van der Waals surface area contributed by atoms with Gasteiger partial charge in [-0.05, 0) is 25.5 Å². The Kier molecular flexibility index (Phi) is 4.90. The van der Waals surface area contributed by atoms with Gasteiger partial charge in [-0.25, -0.2) is 26.7 Å². The number of hydrogen-bond acceptors (Lipinski definition) is 5. The first-order valence-corrected chi connectivity index (χ1v) is 9.30. The second kappa shape index (κ2) is 5.66. The molecule has 18 heavy (non-hydrogen) atoms. The molecule has 6 nitrogen and oxygen atoms in total. The van der Waals surface area contributed by atoms with E-state index in [4.69, 9.17) is 5.14 Å². The summed E-state index contributed by atoms with van der Waals surface area (Å²) in [5, 5.41) is 4.99. The summed E-state index contributed by atoms with van der Waals surface area (Å²) in [5.74, 6) is 0.0464. The summed E-state index contributed by atoms with van der Waals surface area (Å²) in [6.45, 7) is 3.43. The van der Waals surface area contributed by atoms with E-state index in [0.29, 0.717) is 11.3 Å². The van der Waals surface area contributed by atoms with Crippen LogP contribution in [0, 0.1) is 0 Å². The lowest BCUT2D eigenvalue weighted by Gasteiger charge is -2.11. The summed E-state index contributed by atoms with van der Waals surface area (Å²) < 4.78 is 47.9. The Labute approximate surface area is 111 Å². The van der Waals surface area contributed by atoms with E-state index in [1.807, 2.05) is 0 Å². The molecule has 1 rings (SSSR count). The van der Waals surface area contributed by atoms with Gasteiger partial charge in [0, 0.05) is 4.88 Å². The first kappa shape index (κ1) is 15.6. The molecule has 3 N–H and O–H groups in total. The molecule has 1 aromatic rings. The molecule has 0 fully saturated rings. The van der Waals surface area contributed by atoms with Crippen molar-refractivity contribution in [2.75, 3.05) is 5.75 Å². The van der Waals surface area contributed by atoms with Gasteiger partial charge in [-0.2, -0.15) is 0 Å². The summed E-state index contributed by atoms with van der Waals surface area (Å²) in [7, 11) is -7.06. The van der Waals surface area contributed by atoms with Crippen LogP contribution < -0.4 is 9.86 Å². The highest BCUT2D eigenvalue weighted by Crippen LogP contribution is 2.26.